The summed E-state index contributed by atoms with van der Waals surface area (Å²) in [4.78, 5) is 25.2. The van der Waals surface area contributed by atoms with Crippen LogP contribution >= 0.6 is 23.2 Å². The third kappa shape index (κ3) is 6.00. The third-order valence-corrected chi connectivity index (χ3v) is 5.57. The van der Waals surface area contributed by atoms with Gasteiger partial charge in [-0.05, 0) is 36.8 Å². The molecule has 2 heterocycles. The summed E-state index contributed by atoms with van der Waals surface area (Å²) < 4.78 is 0. The maximum atomic E-state index is 12.5. The van der Waals surface area contributed by atoms with Crippen molar-refractivity contribution in [2.45, 2.75) is 19.4 Å². The summed E-state index contributed by atoms with van der Waals surface area (Å²) >= 11 is 12.2. The molecule has 0 radical (unpaired) electrons. The minimum atomic E-state index is -0.131. The van der Waals surface area contributed by atoms with Crippen LogP contribution in [0, 0.1) is 0 Å². The Morgan fingerprint density at radius 1 is 1.23 bits per heavy atom. The van der Waals surface area contributed by atoms with Crippen molar-refractivity contribution >= 4 is 40.9 Å². The van der Waals surface area contributed by atoms with Crippen LogP contribution in [0.25, 0.3) is 0 Å². The first kappa shape index (κ1) is 22.2. The van der Waals surface area contributed by atoms with Gasteiger partial charge in [0.15, 0.2) is 5.96 Å². The molecule has 160 valence electrons. The predicted octanol–water partition coefficient (Wildman–Crippen LogP) is 3.09. The van der Waals surface area contributed by atoms with Gasteiger partial charge in [-0.15, -0.1) is 0 Å². The third-order valence-electron chi connectivity index (χ3n) is 5.01. The SMILES string of the molecule is CC(NC(N)=NCCC(=O)N1CCN(c2ccccn2)CC1)c1ccc(Cl)cc1Cl. The van der Waals surface area contributed by atoms with Crippen LogP contribution in [0.2, 0.25) is 10.0 Å². The Morgan fingerprint density at radius 2 is 2.00 bits per heavy atom. The van der Waals surface area contributed by atoms with E-state index in [1.165, 1.54) is 0 Å². The van der Waals surface area contributed by atoms with E-state index in [1.807, 2.05) is 36.1 Å². The van der Waals surface area contributed by atoms with Crippen LogP contribution in [0.1, 0.15) is 24.9 Å². The molecule has 1 saturated heterocycles. The number of guanidine groups is 1. The minimum Gasteiger partial charge on any atom is -0.370 e. The molecule has 30 heavy (non-hydrogen) atoms. The maximum Gasteiger partial charge on any atom is 0.224 e. The molecule has 0 bridgehead atoms. The van der Waals surface area contributed by atoms with Gasteiger partial charge in [0, 0.05) is 48.8 Å². The standard InChI is InChI=1S/C21H26Cl2N6O/c1-15(17-6-5-16(22)14-18(17)23)27-21(24)26-9-7-20(30)29-12-10-28(11-13-29)19-4-2-3-8-25-19/h2-6,8,14-15H,7,9-13H2,1H3,(H3,24,26,27). The molecule has 2 aromatic rings. The lowest BCUT2D eigenvalue weighted by Gasteiger charge is -2.35. The number of aromatic nitrogens is 1. The lowest BCUT2D eigenvalue weighted by molar-refractivity contribution is -0.131. The van der Waals surface area contributed by atoms with Crippen molar-refractivity contribution < 1.29 is 4.79 Å². The molecule has 9 heteroatoms. The van der Waals surface area contributed by atoms with E-state index in [4.69, 9.17) is 28.9 Å². The second kappa shape index (κ2) is 10.5. The van der Waals surface area contributed by atoms with Gasteiger partial charge in [-0.3, -0.25) is 9.79 Å². The van der Waals surface area contributed by atoms with Crippen LogP contribution < -0.4 is 16.0 Å². The summed E-state index contributed by atoms with van der Waals surface area (Å²) in [7, 11) is 0. The summed E-state index contributed by atoms with van der Waals surface area (Å²) in [6, 6.07) is 11.0. The number of hydrogen-bond acceptors (Lipinski definition) is 4. The number of benzene rings is 1. The fourth-order valence-electron chi connectivity index (χ4n) is 3.35. The van der Waals surface area contributed by atoms with Crippen molar-refractivity contribution in [3.8, 4) is 0 Å². The van der Waals surface area contributed by atoms with Crippen LogP contribution in [0.15, 0.2) is 47.6 Å². The van der Waals surface area contributed by atoms with E-state index in [9.17, 15) is 4.79 Å². The Bertz CT molecular complexity index is 884. The number of halogens is 2. The van der Waals surface area contributed by atoms with Gasteiger partial charge in [-0.2, -0.15) is 0 Å². The van der Waals surface area contributed by atoms with Crippen LogP contribution in [0.5, 0.6) is 0 Å². The number of nitrogens with one attached hydrogen (secondary N) is 1. The van der Waals surface area contributed by atoms with Crippen molar-refractivity contribution in [2.24, 2.45) is 10.7 Å². The number of pyridine rings is 1. The highest BCUT2D eigenvalue weighted by molar-refractivity contribution is 6.35. The second-order valence-electron chi connectivity index (χ2n) is 7.10. The molecule has 1 aliphatic rings. The molecule has 0 aliphatic carbocycles. The molecule has 3 N–H and O–H groups in total. The number of nitrogens with zero attached hydrogens (tertiary/aromatic N) is 4. The predicted molar refractivity (Wildman–Crippen MR) is 122 cm³/mol. The van der Waals surface area contributed by atoms with E-state index in [2.05, 4.69) is 20.2 Å². The van der Waals surface area contributed by atoms with Crippen LogP contribution in [-0.2, 0) is 4.79 Å². The molecule has 1 amide bonds. The Kier molecular flexibility index (Phi) is 7.76. The van der Waals surface area contributed by atoms with Crippen molar-refractivity contribution in [1.29, 1.82) is 0 Å². The van der Waals surface area contributed by atoms with E-state index in [1.54, 1.807) is 18.3 Å². The molecule has 1 unspecified atom stereocenters. The highest BCUT2D eigenvalue weighted by Gasteiger charge is 2.21. The number of carbonyl (C=O) groups excluding carboxylic acids is 1. The quantitative estimate of drug-likeness (QED) is 0.523. The molecule has 1 aromatic heterocycles. The Hall–Kier alpha value is -2.51. The smallest absolute Gasteiger partial charge is 0.224 e. The molecular weight excluding hydrogens is 423 g/mol. The lowest BCUT2D eigenvalue weighted by atomic mass is 10.1. The van der Waals surface area contributed by atoms with Crippen molar-refractivity contribution in [3.05, 3.63) is 58.2 Å². The van der Waals surface area contributed by atoms with Gasteiger partial charge in [0.2, 0.25) is 5.91 Å². The topological polar surface area (TPSA) is 86.8 Å². The van der Waals surface area contributed by atoms with Gasteiger partial charge >= 0.3 is 0 Å². The maximum absolute atomic E-state index is 12.5. The van der Waals surface area contributed by atoms with E-state index in [-0.39, 0.29) is 17.9 Å². The highest BCUT2D eigenvalue weighted by atomic mass is 35.5. The summed E-state index contributed by atoms with van der Waals surface area (Å²) in [6.45, 7) is 5.17. The second-order valence-corrected chi connectivity index (χ2v) is 7.95. The molecule has 1 aromatic carbocycles. The molecule has 0 saturated carbocycles. The number of piperazine rings is 1. The fraction of sp³-hybridized carbons (Fsp3) is 0.381. The molecule has 7 nitrogen and oxygen atoms in total. The first-order valence-electron chi connectivity index (χ1n) is 9.89. The zero-order valence-corrected chi connectivity index (χ0v) is 18.4. The summed E-state index contributed by atoms with van der Waals surface area (Å²) in [5.41, 5.74) is 6.85. The fourth-order valence-corrected chi connectivity index (χ4v) is 3.93. The Morgan fingerprint density at radius 3 is 2.67 bits per heavy atom. The average molecular weight is 449 g/mol. The van der Waals surface area contributed by atoms with Gasteiger partial charge in [0.05, 0.1) is 12.6 Å². The van der Waals surface area contributed by atoms with Gasteiger partial charge in [0.1, 0.15) is 5.82 Å². The first-order valence-corrected chi connectivity index (χ1v) is 10.6. The van der Waals surface area contributed by atoms with E-state index in [0.717, 1.165) is 24.5 Å². The van der Waals surface area contributed by atoms with Crippen LogP contribution in [0.4, 0.5) is 5.82 Å². The zero-order valence-electron chi connectivity index (χ0n) is 16.9. The number of rotatable bonds is 6. The Balaban J connectivity index is 1.43. The van der Waals surface area contributed by atoms with Crippen molar-refractivity contribution in [1.82, 2.24) is 15.2 Å². The molecule has 3 rings (SSSR count). The van der Waals surface area contributed by atoms with Gasteiger partial charge in [-0.1, -0.05) is 35.3 Å². The lowest BCUT2D eigenvalue weighted by Crippen LogP contribution is -2.49. The van der Waals surface area contributed by atoms with Gasteiger partial charge in [0.25, 0.3) is 0 Å². The molecule has 1 fully saturated rings. The number of aliphatic imine (C=N–C) groups is 1. The number of hydrogen-bond donors (Lipinski definition) is 2. The van der Waals surface area contributed by atoms with Crippen LogP contribution in [-0.4, -0.2) is 54.5 Å². The van der Waals surface area contributed by atoms with Gasteiger partial charge < -0.3 is 20.9 Å². The van der Waals surface area contributed by atoms with E-state index in [0.29, 0.717) is 36.1 Å². The number of amides is 1. The minimum absolute atomic E-state index is 0.0843. The zero-order chi connectivity index (χ0) is 21.5. The highest BCUT2D eigenvalue weighted by Crippen LogP contribution is 2.25. The number of carbonyl (C=O) groups is 1. The summed E-state index contributed by atoms with van der Waals surface area (Å²) in [5, 5.41) is 4.24. The monoisotopic (exact) mass is 448 g/mol. The van der Waals surface area contributed by atoms with E-state index < -0.39 is 0 Å². The van der Waals surface area contributed by atoms with Crippen molar-refractivity contribution in [2.75, 3.05) is 37.6 Å². The van der Waals surface area contributed by atoms with Crippen LogP contribution in [0.3, 0.4) is 0 Å². The van der Waals surface area contributed by atoms with Gasteiger partial charge in [-0.25, -0.2) is 4.98 Å². The molecular formula is C21H26Cl2N6O. The molecule has 0 spiro atoms. The number of nitrogens with two attached hydrogens (primary N) is 1. The summed E-state index contributed by atoms with van der Waals surface area (Å²) in [5.74, 6) is 1.31. The normalized spacial score (nSPS) is 15.8. The average Bonchev–Trinajstić information content (AvgIpc) is 2.74. The van der Waals surface area contributed by atoms with Crippen molar-refractivity contribution in [3.63, 3.8) is 0 Å². The molecule has 1 atom stereocenters. The molecule has 1 aliphatic heterocycles. The largest absolute Gasteiger partial charge is 0.370 e. The van der Waals surface area contributed by atoms with E-state index >= 15 is 0 Å². The Labute approximate surface area is 186 Å². The summed E-state index contributed by atoms with van der Waals surface area (Å²) in [6.07, 6.45) is 2.10. The number of anilines is 1. The first-order chi connectivity index (χ1) is 14.4.